The third-order valence-corrected chi connectivity index (χ3v) is 3.44. The molecule has 0 saturated heterocycles. The first-order chi connectivity index (χ1) is 9.36. The van der Waals surface area contributed by atoms with E-state index in [1.165, 1.54) is 12.1 Å². The van der Waals surface area contributed by atoms with Gasteiger partial charge in [0, 0.05) is 15.6 Å². The second-order valence-electron chi connectivity index (χ2n) is 4.31. The van der Waals surface area contributed by atoms with E-state index < -0.39 is 11.7 Å². The molecule has 2 aromatic rings. The molecule has 0 heterocycles. The summed E-state index contributed by atoms with van der Waals surface area (Å²) in [5.74, 6) is -0.192. The number of Topliss-reactive ketones (excluding diaryl/α,β-unsaturated/α-hetero) is 1. The van der Waals surface area contributed by atoms with Gasteiger partial charge in [-0.2, -0.15) is 13.2 Å². The zero-order chi connectivity index (χ0) is 14.8. The Bertz CT molecular complexity index is 635. The molecule has 0 N–H and O–H groups in total. The van der Waals surface area contributed by atoms with E-state index in [-0.39, 0.29) is 12.2 Å². The van der Waals surface area contributed by atoms with Gasteiger partial charge in [-0.3, -0.25) is 4.79 Å². The Morgan fingerprint density at radius 1 is 1.05 bits per heavy atom. The molecule has 2 aromatic carbocycles. The van der Waals surface area contributed by atoms with E-state index in [1.54, 1.807) is 18.2 Å². The van der Waals surface area contributed by atoms with Gasteiger partial charge in [0.25, 0.3) is 0 Å². The Hall–Kier alpha value is -1.37. The van der Waals surface area contributed by atoms with Gasteiger partial charge in [-0.15, -0.1) is 0 Å². The van der Waals surface area contributed by atoms with Crippen molar-refractivity contribution in [2.45, 2.75) is 12.6 Å². The number of hydrogen-bond acceptors (Lipinski definition) is 1. The second kappa shape index (κ2) is 5.95. The molecule has 0 saturated carbocycles. The van der Waals surface area contributed by atoms with Gasteiger partial charge in [0.05, 0.1) is 5.56 Å². The molecule has 5 heteroatoms. The fourth-order valence-electron chi connectivity index (χ4n) is 1.81. The summed E-state index contributed by atoms with van der Waals surface area (Å²) >= 11 is 2.08. The number of carbonyl (C=O) groups excluding carboxylic acids is 1. The highest BCUT2D eigenvalue weighted by Gasteiger charge is 2.30. The molecule has 0 fully saturated rings. The smallest absolute Gasteiger partial charge is 0.294 e. The van der Waals surface area contributed by atoms with Crippen LogP contribution in [0.3, 0.4) is 0 Å². The van der Waals surface area contributed by atoms with E-state index in [0.29, 0.717) is 11.1 Å². The highest BCUT2D eigenvalue weighted by Crippen LogP contribution is 2.29. The van der Waals surface area contributed by atoms with Crippen LogP contribution in [0.2, 0.25) is 0 Å². The summed E-state index contributed by atoms with van der Waals surface area (Å²) in [5.41, 5.74) is 0.142. The zero-order valence-corrected chi connectivity index (χ0v) is 12.4. The third kappa shape index (κ3) is 3.82. The fourth-order valence-corrected chi connectivity index (χ4v) is 2.35. The van der Waals surface area contributed by atoms with Gasteiger partial charge in [-0.25, -0.2) is 0 Å². The van der Waals surface area contributed by atoms with Crippen LogP contribution in [-0.2, 0) is 12.6 Å². The molecule has 0 aliphatic heterocycles. The molecule has 0 bridgehead atoms. The van der Waals surface area contributed by atoms with E-state index in [0.717, 1.165) is 15.7 Å². The van der Waals surface area contributed by atoms with Crippen molar-refractivity contribution in [2.24, 2.45) is 0 Å². The van der Waals surface area contributed by atoms with Gasteiger partial charge in [0.2, 0.25) is 0 Å². The minimum Gasteiger partial charge on any atom is -0.294 e. The maximum absolute atomic E-state index is 12.6. The van der Waals surface area contributed by atoms with Crippen molar-refractivity contribution in [1.29, 1.82) is 0 Å². The molecular weight excluding hydrogens is 380 g/mol. The average Bonchev–Trinajstić information content (AvgIpc) is 2.38. The molecule has 0 atom stereocenters. The third-order valence-electron chi connectivity index (χ3n) is 2.77. The standard InChI is InChI=1S/C15H10F3IO/c16-15(17,18)12-5-1-3-10(7-12)8-14(20)11-4-2-6-13(19)9-11/h1-7,9H,8H2. The lowest BCUT2D eigenvalue weighted by atomic mass is 10.0. The van der Waals surface area contributed by atoms with Crippen molar-refractivity contribution < 1.29 is 18.0 Å². The lowest BCUT2D eigenvalue weighted by molar-refractivity contribution is -0.137. The summed E-state index contributed by atoms with van der Waals surface area (Å²) in [6.45, 7) is 0. The van der Waals surface area contributed by atoms with Crippen molar-refractivity contribution >= 4 is 28.4 Å². The van der Waals surface area contributed by atoms with Crippen LogP contribution in [0.25, 0.3) is 0 Å². The molecule has 2 rings (SSSR count). The number of halogens is 4. The molecule has 1 nitrogen and oxygen atoms in total. The Kier molecular flexibility index (Phi) is 4.47. The number of rotatable bonds is 3. The topological polar surface area (TPSA) is 17.1 Å². The largest absolute Gasteiger partial charge is 0.416 e. The van der Waals surface area contributed by atoms with E-state index in [9.17, 15) is 18.0 Å². The Morgan fingerprint density at radius 2 is 1.75 bits per heavy atom. The number of carbonyl (C=O) groups is 1. The maximum atomic E-state index is 12.6. The maximum Gasteiger partial charge on any atom is 0.416 e. The SMILES string of the molecule is O=C(Cc1cccc(C(F)(F)F)c1)c1cccc(I)c1. The quantitative estimate of drug-likeness (QED) is 0.547. The molecule has 0 unspecified atom stereocenters. The first-order valence-electron chi connectivity index (χ1n) is 5.81. The summed E-state index contributed by atoms with van der Waals surface area (Å²) in [7, 11) is 0. The number of benzene rings is 2. The van der Waals surface area contributed by atoms with Gasteiger partial charge in [-0.05, 0) is 46.4 Å². The van der Waals surface area contributed by atoms with E-state index >= 15 is 0 Å². The van der Waals surface area contributed by atoms with Crippen molar-refractivity contribution in [3.05, 3.63) is 68.8 Å². The molecule has 0 radical (unpaired) electrons. The minimum absolute atomic E-state index is 0.0377. The molecule has 104 valence electrons. The second-order valence-corrected chi connectivity index (χ2v) is 5.55. The number of alkyl halides is 3. The van der Waals surface area contributed by atoms with E-state index in [4.69, 9.17) is 0 Å². The normalized spacial score (nSPS) is 11.4. The summed E-state index contributed by atoms with van der Waals surface area (Å²) in [6.07, 6.45) is -4.43. The lowest BCUT2D eigenvalue weighted by Crippen LogP contribution is -2.08. The van der Waals surface area contributed by atoms with Gasteiger partial charge >= 0.3 is 6.18 Å². The molecule has 0 amide bonds. The van der Waals surface area contributed by atoms with Crippen molar-refractivity contribution in [2.75, 3.05) is 0 Å². The Balaban J connectivity index is 2.20. The van der Waals surface area contributed by atoms with Crippen LogP contribution >= 0.6 is 22.6 Å². The van der Waals surface area contributed by atoms with Gasteiger partial charge in [0.15, 0.2) is 5.78 Å². The highest BCUT2D eigenvalue weighted by molar-refractivity contribution is 14.1. The van der Waals surface area contributed by atoms with E-state index in [1.807, 2.05) is 6.07 Å². The molecule has 0 aliphatic carbocycles. The zero-order valence-electron chi connectivity index (χ0n) is 10.2. The molecular formula is C15H10F3IO. The highest BCUT2D eigenvalue weighted by atomic mass is 127. The van der Waals surface area contributed by atoms with Crippen LogP contribution in [-0.4, -0.2) is 5.78 Å². The van der Waals surface area contributed by atoms with Crippen LogP contribution in [0.5, 0.6) is 0 Å². The summed E-state index contributed by atoms with van der Waals surface area (Å²) in [4.78, 5) is 12.0. The Morgan fingerprint density at radius 3 is 2.40 bits per heavy atom. The molecule has 0 aromatic heterocycles. The number of ketones is 1. The minimum atomic E-state index is -4.39. The van der Waals surface area contributed by atoms with Gasteiger partial charge in [-0.1, -0.05) is 30.3 Å². The first kappa shape index (κ1) is 15.0. The predicted molar refractivity (Wildman–Crippen MR) is 78.6 cm³/mol. The average molecular weight is 390 g/mol. The summed E-state index contributed by atoms with van der Waals surface area (Å²) < 4.78 is 38.7. The van der Waals surface area contributed by atoms with Crippen molar-refractivity contribution in [3.8, 4) is 0 Å². The predicted octanol–water partition coefficient (Wildman–Crippen LogP) is 4.74. The van der Waals surface area contributed by atoms with Crippen LogP contribution < -0.4 is 0 Å². The van der Waals surface area contributed by atoms with Crippen molar-refractivity contribution in [3.63, 3.8) is 0 Å². The molecule has 0 spiro atoms. The summed E-state index contributed by atoms with van der Waals surface area (Å²) in [5, 5.41) is 0. The van der Waals surface area contributed by atoms with Crippen LogP contribution in [0.15, 0.2) is 48.5 Å². The van der Waals surface area contributed by atoms with E-state index in [2.05, 4.69) is 22.6 Å². The molecule has 0 aliphatic rings. The monoisotopic (exact) mass is 390 g/mol. The summed E-state index contributed by atoms with van der Waals surface area (Å²) in [6, 6.07) is 11.9. The van der Waals surface area contributed by atoms with Gasteiger partial charge in [0.1, 0.15) is 0 Å². The van der Waals surface area contributed by atoms with Gasteiger partial charge < -0.3 is 0 Å². The van der Waals surface area contributed by atoms with Crippen LogP contribution in [0.1, 0.15) is 21.5 Å². The van der Waals surface area contributed by atoms with Crippen LogP contribution in [0, 0.1) is 3.57 Å². The molecule has 20 heavy (non-hydrogen) atoms. The van der Waals surface area contributed by atoms with Crippen LogP contribution in [0.4, 0.5) is 13.2 Å². The number of hydrogen-bond donors (Lipinski definition) is 0. The fraction of sp³-hybridized carbons (Fsp3) is 0.133. The lowest BCUT2D eigenvalue weighted by Gasteiger charge is -2.08. The Labute approximate surface area is 128 Å². The first-order valence-corrected chi connectivity index (χ1v) is 6.89. The van der Waals surface area contributed by atoms with Crippen molar-refractivity contribution in [1.82, 2.24) is 0 Å².